The minimum absolute atomic E-state index is 0.0213. The van der Waals surface area contributed by atoms with Gasteiger partial charge in [-0.3, -0.25) is 0 Å². The molecular weight excluding hydrogens is 388 g/mol. The summed E-state index contributed by atoms with van der Waals surface area (Å²) in [6.45, 7) is 1.02. The van der Waals surface area contributed by atoms with Crippen molar-refractivity contribution in [3.8, 4) is 0 Å². The largest absolute Gasteiger partial charge is 0.474 e. The summed E-state index contributed by atoms with van der Waals surface area (Å²) in [5, 5.41) is 0. The van der Waals surface area contributed by atoms with Gasteiger partial charge in [0.2, 0.25) is 11.8 Å². The summed E-state index contributed by atoms with van der Waals surface area (Å²) in [4.78, 5) is 16.4. The number of anilines is 1. The maximum Gasteiger partial charge on any atom is 0.236 e. The molecule has 5 rings (SSSR count). The molecule has 6 nitrogen and oxygen atoms in total. The van der Waals surface area contributed by atoms with Gasteiger partial charge in [0.1, 0.15) is 36.7 Å². The first-order valence-corrected chi connectivity index (χ1v) is 10.4. The Bertz CT molecular complexity index is 1040. The lowest BCUT2D eigenvalue weighted by atomic mass is 10.1. The molecular formula is C25H24N4O2. The lowest BCUT2D eigenvalue weighted by Crippen LogP contribution is -2.15. The second-order valence-corrected chi connectivity index (χ2v) is 7.83. The Morgan fingerprint density at radius 1 is 0.710 bits per heavy atom. The topological polar surface area (TPSA) is 59.3 Å². The van der Waals surface area contributed by atoms with Crippen molar-refractivity contribution in [1.29, 1.82) is 0 Å². The Hall–Kier alpha value is -3.67. The molecule has 0 saturated heterocycles. The summed E-state index contributed by atoms with van der Waals surface area (Å²) in [6.07, 6.45) is 0. The lowest BCUT2D eigenvalue weighted by Gasteiger charge is -2.15. The first kappa shape index (κ1) is 19.3. The molecule has 3 heterocycles. The van der Waals surface area contributed by atoms with E-state index >= 15 is 0 Å². The third-order valence-electron chi connectivity index (χ3n) is 5.44. The van der Waals surface area contributed by atoms with Crippen LogP contribution in [0.25, 0.3) is 0 Å². The van der Waals surface area contributed by atoms with Crippen molar-refractivity contribution in [2.45, 2.75) is 12.1 Å². The molecule has 0 bridgehead atoms. The van der Waals surface area contributed by atoms with Crippen LogP contribution >= 0.6 is 0 Å². The Morgan fingerprint density at radius 2 is 1.16 bits per heavy atom. The van der Waals surface area contributed by atoms with Crippen LogP contribution in [0.4, 0.5) is 5.69 Å². The second kappa shape index (κ2) is 8.22. The van der Waals surface area contributed by atoms with E-state index < -0.39 is 0 Å². The fraction of sp³-hybridized carbons (Fsp3) is 0.240. The van der Waals surface area contributed by atoms with Crippen LogP contribution in [0.3, 0.4) is 0 Å². The third-order valence-corrected chi connectivity index (χ3v) is 5.44. The molecule has 0 saturated carbocycles. The van der Waals surface area contributed by atoms with E-state index in [1.165, 1.54) is 0 Å². The second-order valence-electron chi connectivity index (χ2n) is 7.83. The van der Waals surface area contributed by atoms with Gasteiger partial charge in [-0.2, -0.15) is 0 Å². The van der Waals surface area contributed by atoms with Crippen molar-refractivity contribution < 1.29 is 9.47 Å². The van der Waals surface area contributed by atoms with Crippen molar-refractivity contribution in [1.82, 2.24) is 4.98 Å². The van der Waals surface area contributed by atoms with Gasteiger partial charge in [0, 0.05) is 19.8 Å². The molecule has 0 N–H and O–H groups in total. The number of rotatable bonds is 5. The molecule has 0 fully saturated rings. The normalized spacial score (nSPS) is 19.9. The number of benzene rings is 2. The average Bonchev–Trinajstić information content (AvgIpc) is 3.50. The summed E-state index contributed by atoms with van der Waals surface area (Å²) in [7, 11) is 3.99. The molecule has 2 aromatic carbocycles. The van der Waals surface area contributed by atoms with Crippen molar-refractivity contribution in [3.63, 3.8) is 0 Å². The first-order valence-electron chi connectivity index (χ1n) is 10.4. The van der Waals surface area contributed by atoms with Gasteiger partial charge >= 0.3 is 0 Å². The average molecular weight is 412 g/mol. The summed E-state index contributed by atoms with van der Waals surface area (Å²) >= 11 is 0. The molecule has 0 aliphatic carbocycles. The highest BCUT2D eigenvalue weighted by Gasteiger charge is 2.26. The number of nitrogens with zero attached hydrogens (tertiary/aromatic N) is 4. The number of pyridine rings is 1. The molecule has 3 aromatic rings. The Balaban J connectivity index is 1.48. The van der Waals surface area contributed by atoms with E-state index in [4.69, 9.17) is 24.4 Å². The van der Waals surface area contributed by atoms with Crippen molar-refractivity contribution in [2.75, 3.05) is 32.2 Å². The van der Waals surface area contributed by atoms with Crippen molar-refractivity contribution >= 4 is 17.5 Å². The summed E-state index contributed by atoms with van der Waals surface area (Å²) < 4.78 is 11.9. The molecule has 0 amide bonds. The van der Waals surface area contributed by atoms with Gasteiger partial charge in [0.25, 0.3) is 0 Å². The zero-order valence-corrected chi connectivity index (χ0v) is 17.6. The molecule has 2 atom stereocenters. The van der Waals surface area contributed by atoms with Crippen molar-refractivity contribution in [3.05, 3.63) is 95.3 Å². The van der Waals surface area contributed by atoms with E-state index in [1.54, 1.807) is 0 Å². The number of hydrogen-bond acceptors (Lipinski definition) is 6. The van der Waals surface area contributed by atoms with Crippen LogP contribution in [-0.2, 0) is 9.47 Å². The van der Waals surface area contributed by atoms with Crippen molar-refractivity contribution in [2.24, 2.45) is 9.98 Å². The molecule has 2 aliphatic rings. The number of ether oxygens (including phenoxy) is 2. The number of aliphatic imine (C=N–C) groups is 2. The molecule has 0 spiro atoms. The summed E-state index contributed by atoms with van der Waals surface area (Å²) in [5.41, 5.74) is 4.64. The molecule has 0 unspecified atom stereocenters. The fourth-order valence-electron chi connectivity index (χ4n) is 3.71. The minimum Gasteiger partial charge on any atom is -0.474 e. The van der Waals surface area contributed by atoms with E-state index in [9.17, 15) is 0 Å². The van der Waals surface area contributed by atoms with Gasteiger partial charge in [-0.25, -0.2) is 15.0 Å². The van der Waals surface area contributed by atoms with Gasteiger partial charge in [-0.15, -0.1) is 0 Å². The van der Waals surface area contributed by atoms with Gasteiger partial charge in [0.15, 0.2) is 0 Å². The summed E-state index contributed by atoms with van der Waals surface area (Å²) in [6, 6.07) is 24.3. The maximum absolute atomic E-state index is 5.94. The number of hydrogen-bond donors (Lipinski definition) is 0. The minimum atomic E-state index is -0.0213. The molecule has 6 heteroatoms. The van der Waals surface area contributed by atoms with E-state index in [2.05, 4.69) is 24.3 Å². The van der Waals surface area contributed by atoms with E-state index in [1.807, 2.05) is 67.5 Å². The standard InChI is InChI=1S/C25H24N4O2/c1-29(2)19-13-20(24-27-22(15-30-24)17-9-5-3-6-10-17)26-21(14-19)25-28-23(16-31-25)18-11-7-4-8-12-18/h3-14,22-23H,15-16H2,1-2H3/t22-,23-/m0/s1. The number of aromatic nitrogens is 1. The SMILES string of the molecule is CN(C)c1cc(C2=N[C@H](c3ccccc3)CO2)nc(C2=N[C@H](c3ccccc3)CO2)c1. The van der Waals surface area contributed by atoms with E-state index in [0.29, 0.717) is 36.4 Å². The lowest BCUT2D eigenvalue weighted by molar-refractivity contribution is 0.317. The zero-order chi connectivity index (χ0) is 21.2. The molecule has 1 aromatic heterocycles. The molecule has 156 valence electrons. The molecule has 2 aliphatic heterocycles. The summed E-state index contributed by atoms with van der Waals surface area (Å²) in [5.74, 6) is 1.11. The predicted octanol–water partition coefficient (Wildman–Crippen LogP) is 4.18. The Labute approximate surface area is 181 Å². The van der Waals surface area contributed by atoms with Crippen LogP contribution in [0.1, 0.15) is 34.6 Å². The monoisotopic (exact) mass is 412 g/mol. The highest BCUT2D eigenvalue weighted by molar-refractivity contribution is 5.98. The van der Waals surface area contributed by atoms with Gasteiger partial charge in [-0.05, 0) is 23.3 Å². The van der Waals surface area contributed by atoms with Gasteiger partial charge < -0.3 is 14.4 Å². The van der Waals surface area contributed by atoms with Crippen LogP contribution < -0.4 is 4.90 Å². The van der Waals surface area contributed by atoms with Crippen LogP contribution in [0.15, 0.2) is 82.8 Å². The Kier molecular flexibility index (Phi) is 5.12. The van der Waals surface area contributed by atoms with Crippen LogP contribution in [0.2, 0.25) is 0 Å². The predicted molar refractivity (Wildman–Crippen MR) is 122 cm³/mol. The van der Waals surface area contributed by atoms with E-state index in [-0.39, 0.29) is 12.1 Å². The highest BCUT2D eigenvalue weighted by atomic mass is 16.5. The van der Waals surface area contributed by atoms with Crippen LogP contribution in [0, 0.1) is 0 Å². The molecule has 31 heavy (non-hydrogen) atoms. The van der Waals surface area contributed by atoms with Gasteiger partial charge in [-0.1, -0.05) is 60.7 Å². The molecule has 0 radical (unpaired) electrons. The first-order chi connectivity index (χ1) is 15.2. The zero-order valence-electron chi connectivity index (χ0n) is 17.6. The Morgan fingerprint density at radius 3 is 1.58 bits per heavy atom. The van der Waals surface area contributed by atoms with Crippen LogP contribution in [0.5, 0.6) is 0 Å². The van der Waals surface area contributed by atoms with Crippen LogP contribution in [-0.4, -0.2) is 44.1 Å². The van der Waals surface area contributed by atoms with Gasteiger partial charge in [0.05, 0.1) is 0 Å². The maximum atomic E-state index is 5.94. The highest BCUT2D eigenvalue weighted by Crippen LogP contribution is 2.28. The fourth-order valence-corrected chi connectivity index (χ4v) is 3.71. The van der Waals surface area contributed by atoms with E-state index in [0.717, 1.165) is 16.8 Å². The smallest absolute Gasteiger partial charge is 0.236 e. The quantitative estimate of drug-likeness (QED) is 0.631. The third kappa shape index (κ3) is 4.01.